The van der Waals surface area contributed by atoms with Crippen molar-refractivity contribution in [2.45, 2.75) is 26.7 Å². The first-order chi connectivity index (χ1) is 6.38. The van der Waals surface area contributed by atoms with E-state index < -0.39 is 0 Å². The van der Waals surface area contributed by atoms with Gasteiger partial charge in [0, 0.05) is 0 Å². The van der Waals surface area contributed by atoms with Crippen LogP contribution in [-0.2, 0) is 0 Å². The second kappa shape index (κ2) is 5.43. The molecular formula is C11H17NSe. The van der Waals surface area contributed by atoms with Crippen molar-refractivity contribution in [3.8, 4) is 0 Å². The molecule has 1 atom stereocenters. The third-order valence-electron chi connectivity index (χ3n) is 2.02. The molecule has 0 radical (unpaired) electrons. The minimum atomic E-state index is 0.517. The van der Waals surface area contributed by atoms with Crippen molar-refractivity contribution in [1.29, 1.82) is 0 Å². The summed E-state index contributed by atoms with van der Waals surface area (Å²) in [4.78, 5) is 0. The van der Waals surface area contributed by atoms with Gasteiger partial charge in [0.2, 0.25) is 0 Å². The van der Waals surface area contributed by atoms with Gasteiger partial charge in [0.05, 0.1) is 0 Å². The Hall–Kier alpha value is -0.301. The molecule has 13 heavy (non-hydrogen) atoms. The van der Waals surface area contributed by atoms with E-state index in [0.717, 1.165) is 6.54 Å². The fraction of sp³-hybridized carbons (Fsp3) is 0.455. The van der Waals surface area contributed by atoms with Crippen LogP contribution in [0.2, 0.25) is 0 Å². The molecular weight excluding hydrogens is 225 g/mol. The predicted molar refractivity (Wildman–Crippen MR) is 59.6 cm³/mol. The molecule has 1 aromatic rings. The van der Waals surface area contributed by atoms with Crippen molar-refractivity contribution < 1.29 is 0 Å². The van der Waals surface area contributed by atoms with E-state index in [0.29, 0.717) is 21.1 Å². The Morgan fingerprint density at radius 3 is 2.69 bits per heavy atom. The fourth-order valence-electron chi connectivity index (χ4n) is 1.33. The Kier molecular flexibility index (Phi) is 4.51. The number of nitrogens with one attached hydrogen (secondary N) is 1. The van der Waals surface area contributed by atoms with Crippen LogP contribution in [0.1, 0.15) is 32.3 Å². The van der Waals surface area contributed by atoms with Gasteiger partial charge in [-0.05, 0) is 0 Å². The average Bonchev–Trinajstić information content (AvgIpc) is 2.22. The molecule has 0 aromatic heterocycles. The summed E-state index contributed by atoms with van der Waals surface area (Å²) in [5.74, 6) is 0.696. The molecule has 2 rings (SSSR count). The van der Waals surface area contributed by atoms with Crippen molar-refractivity contribution in [3.05, 3.63) is 29.8 Å². The maximum absolute atomic E-state index is 3.45. The number of rotatable bonds is 0. The van der Waals surface area contributed by atoms with E-state index in [1.54, 1.807) is 5.56 Å². The van der Waals surface area contributed by atoms with Crippen LogP contribution < -0.4 is 8.79 Å². The van der Waals surface area contributed by atoms with Gasteiger partial charge in [-0.3, -0.25) is 0 Å². The molecule has 1 unspecified atom stereocenters. The van der Waals surface area contributed by atoms with E-state index >= 15 is 0 Å². The topological polar surface area (TPSA) is 12.0 Å². The van der Waals surface area contributed by atoms with Crippen molar-refractivity contribution in [2.75, 3.05) is 6.54 Å². The van der Waals surface area contributed by atoms with Gasteiger partial charge in [-0.2, -0.15) is 0 Å². The van der Waals surface area contributed by atoms with Crippen LogP contribution in [0.25, 0.3) is 0 Å². The molecule has 0 spiro atoms. The van der Waals surface area contributed by atoms with E-state index in [4.69, 9.17) is 0 Å². The van der Waals surface area contributed by atoms with Gasteiger partial charge in [0.25, 0.3) is 0 Å². The first kappa shape index (κ1) is 10.8. The average molecular weight is 242 g/mol. The standard InChI is InChI=1S/C9H11NSe.C2H6/c1-7-6-10-11-9-5-3-2-4-8(7)9;1-2/h2-5,7,10H,6H2,1H3;1-2H3. The van der Waals surface area contributed by atoms with Crippen molar-refractivity contribution >= 4 is 19.6 Å². The van der Waals surface area contributed by atoms with E-state index in [1.807, 2.05) is 13.8 Å². The minimum absolute atomic E-state index is 0.517. The van der Waals surface area contributed by atoms with E-state index in [-0.39, 0.29) is 0 Å². The molecule has 0 saturated carbocycles. The third-order valence-corrected chi connectivity index (χ3v) is 3.92. The Morgan fingerprint density at radius 2 is 2.00 bits per heavy atom. The summed E-state index contributed by atoms with van der Waals surface area (Å²) in [5.41, 5.74) is 1.55. The Bertz CT molecular complexity index is 260. The molecule has 0 saturated heterocycles. The number of benzene rings is 1. The SMILES string of the molecule is CC.CC1CN[Se]c2ccccc21. The molecule has 0 fully saturated rings. The second-order valence-electron chi connectivity index (χ2n) is 2.89. The molecule has 0 bridgehead atoms. The molecule has 72 valence electrons. The molecule has 1 N–H and O–H groups in total. The summed E-state index contributed by atoms with van der Waals surface area (Å²) >= 11 is 0.517. The summed E-state index contributed by atoms with van der Waals surface area (Å²) in [6.07, 6.45) is 0. The van der Waals surface area contributed by atoms with Gasteiger partial charge in [-0.1, -0.05) is 13.8 Å². The van der Waals surface area contributed by atoms with E-state index in [9.17, 15) is 0 Å². The van der Waals surface area contributed by atoms with Crippen LogP contribution in [0, 0.1) is 0 Å². The van der Waals surface area contributed by atoms with Crippen LogP contribution in [0.5, 0.6) is 0 Å². The molecule has 1 nitrogen and oxygen atoms in total. The third kappa shape index (κ3) is 2.57. The zero-order chi connectivity index (χ0) is 9.68. The summed E-state index contributed by atoms with van der Waals surface area (Å²) in [6, 6.07) is 8.75. The number of hydrogen-bond donors (Lipinski definition) is 1. The fourth-order valence-corrected chi connectivity index (χ4v) is 3.48. The summed E-state index contributed by atoms with van der Waals surface area (Å²) in [7, 11) is 0. The predicted octanol–water partition coefficient (Wildman–Crippen LogP) is 1.66. The quantitative estimate of drug-likeness (QED) is 0.682. The summed E-state index contributed by atoms with van der Waals surface area (Å²) in [6.45, 7) is 7.43. The van der Waals surface area contributed by atoms with Crippen LogP contribution >= 0.6 is 0 Å². The van der Waals surface area contributed by atoms with E-state index in [1.165, 1.54) is 4.46 Å². The van der Waals surface area contributed by atoms with Crippen LogP contribution in [0.15, 0.2) is 24.3 Å². The van der Waals surface area contributed by atoms with Crippen molar-refractivity contribution in [1.82, 2.24) is 4.33 Å². The van der Waals surface area contributed by atoms with Crippen LogP contribution in [0.4, 0.5) is 0 Å². The van der Waals surface area contributed by atoms with Crippen LogP contribution in [-0.4, -0.2) is 21.7 Å². The molecule has 1 aliphatic rings. The Morgan fingerprint density at radius 1 is 1.31 bits per heavy atom. The molecule has 1 aliphatic heterocycles. The molecule has 0 aliphatic carbocycles. The first-order valence-electron chi connectivity index (χ1n) is 4.86. The maximum atomic E-state index is 3.45. The Labute approximate surface area is 87.3 Å². The summed E-state index contributed by atoms with van der Waals surface area (Å²) < 4.78 is 4.98. The second-order valence-corrected chi connectivity index (χ2v) is 4.85. The molecule has 1 aromatic carbocycles. The number of hydrogen-bond acceptors (Lipinski definition) is 1. The van der Waals surface area contributed by atoms with Gasteiger partial charge in [-0.25, -0.2) is 0 Å². The van der Waals surface area contributed by atoms with Crippen molar-refractivity contribution in [2.24, 2.45) is 0 Å². The van der Waals surface area contributed by atoms with Gasteiger partial charge in [-0.15, -0.1) is 0 Å². The van der Waals surface area contributed by atoms with Gasteiger partial charge in [0.1, 0.15) is 0 Å². The molecule has 1 heterocycles. The number of fused-ring (bicyclic) bond motifs is 1. The van der Waals surface area contributed by atoms with Gasteiger partial charge in [0.15, 0.2) is 0 Å². The normalized spacial score (nSPS) is 19.8. The molecule has 0 amide bonds. The molecule has 2 heteroatoms. The van der Waals surface area contributed by atoms with Crippen LogP contribution in [0.3, 0.4) is 0 Å². The van der Waals surface area contributed by atoms with Gasteiger partial charge < -0.3 is 0 Å². The van der Waals surface area contributed by atoms with Gasteiger partial charge >= 0.3 is 73.2 Å². The van der Waals surface area contributed by atoms with Crippen molar-refractivity contribution in [3.63, 3.8) is 0 Å². The zero-order valence-corrected chi connectivity index (χ0v) is 10.2. The van der Waals surface area contributed by atoms with E-state index in [2.05, 4.69) is 35.5 Å². The first-order valence-corrected chi connectivity index (χ1v) is 6.58. The monoisotopic (exact) mass is 243 g/mol. The summed E-state index contributed by atoms with van der Waals surface area (Å²) in [5, 5.41) is 0. The zero-order valence-electron chi connectivity index (χ0n) is 8.50. The Balaban J connectivity index is 0.000000396.